The summed E-state index contributed by atoms with van der Waals surface area (Å²) >= 11 is 7.58. The molecule has 0 fully saturated rings. The van der Waals surface area contributed by atoms with Crippen molar-refractivity contribution in [1.82, 2.24) is 9.80 Å². The van der Waals surface area contributed by atoms with Crippen molar-refractivity contribution in [3.05, 3.63) is 28.2 Å². The molecule has 0 saturated heterocycles. The molecule has 0 N–H and O–H groups in total. The largest absolute Gasteiger partial charge is 0.347 e. The van der Waals surface area contributed by atoms with Crippen LogP contribution in [0, 0.1) is 0 Å². The van der Waals surface area contributed by atoms with Crippen LogP contribution in [0.15, 0.2) is 27.6 Å². The first-order valence-corrected chi connectivity index (χ1v) is 7.08. The highest BCUT2D eigenvalue weighted by molar-refractivity contribution is 9.10. The third kappa shape index (κ3) is 4.24. The molecule has 2 amide bonds. The summed E-state index contributed by atoms with van der Waals surface area (Å²) in [5.41, 5.74) is 0.515. The standard InChI is InChI=1S/C13H17BrN2O2S/c1-4-16(8-12(17)15(2)3)13(18)10-7-9(19)5-6-11(10)14/h5-7,19H,4,8H2,1-3H3. The van der Waals surface area contributed by atoms with Crippen LogP contribution in [-0.4, -0.2) is 48.8 Å². The topological polar surface area (TPSA) is 40.6 Å². The summed E-state index contributed by atoms with van der Waals surface area (Å²) in [4.78, 5) is 27.8. The Morgan fingerprint density at radius 2 is 1.95 bits per heavy atom. The number of rotatable bonds is 4. The smallest absolute Gasteiger partial charge is 0.255 e. The van der Waals surface area contributed by atoms with Crippen LogP contribution in [0.4, 0.5) is 0 Å². The summed E-state index contributed by atoms with van der Waals surface area (Å²) in [6.07, 6.45) is 0. The van der Waals surface area contributed by atoms with Crippen LogP contribution in [-0.2, 0) is 4.79 Å². The van der Waals surface area contributed by atoms with Crippen molar-refractivity contribution in [3.63, 3.8) is 0 Å². The number of thiol groups is 1. The summed E-state index contributed by atoms with van der Waals surface area (Å²) < 4.78 is 0.700. The van der Waals surface area contributed by atoms with Crippen LogP contribution in [0.3, 0.4) is 0 Å². The highest BCUT2D eigenvalue weighted by Crippen LogP contribution is 2.21. The molecular weight excluding hydrogens is 328 g/mol. The van der Waals surface area contributed by atoms with Crippen molar-refractivity contribution in [2.24, 2.45) is 0 Å². The fourth-order valence-electron chi connectivity index (χ4n) is 1.48. The predicted molar refractivity (Wildman–Crippen MR) is 81.7 cm³/mol. The van der Waals surface area contributed by atoms with Gasteiger partial charge in [-0.05, 0) is 41.1 Å². The van der Waals surface area contributed by atoms with Gasteiger partial charge in [-0.3, -0.25) is 9.59 Å². The lowest BCUT2D eigenvalue weighted by molar-refractivity contribution is -0.129. The minimum absolute atomic E-state index is 0.0750. The van der Waals surface area contributed by atoms with E-state index >= 15 is 0 Å². The fourth-order valence-corrected chi connectivity index (χ4v) is 2.10. The molecule has 104 valence electrons. The number of likely N-dealkylation sites (N-methyl/N-ethyl adjacent to an activating group) is 2. The van der Waals surface area contributed by atoms with Gasteiger partial charge in [0.2, 0.25) is 5.91 Å². The Balaban J connectivity index is 2.95. The Bertz CT molecular complexity index is 492. The van der Waals surface area contributed by atoms with E-state index in [1.54, 1.807) is 32.3 Å². The van der Waals surface area contributed by atoms with E-state index in [-0.39, 0.29) is 18.4 Å². The zero-order valence-corrected chi connectivity index (χ0v) is 13.7. The number of carbonyl (C=O) groups is 2. The van der Waals surface area contributed by atoms with Crippen LogP contribution in [0.25, 0.3) is 0 Å². The Labute approximate surface area is 127 Å². The van der Waals surface area contributed by atoms with Crippen LogP contribution >= 0.6 is 28.6 Å². The highest BCUT2D eigenvalue weighted by Gasteiger charge is 2.20. The molecule has 1 rings (SSSR count). The molecule has 1 aromatic carbocycles. The number of carbonyl (C=O) groups excluding carboxylic acids is 2. The van der Waals surface area contributed by atoms with Gasteiger partial charge >= 0.3 is 0 Å². The highest BCUT2D eigenvalue weighted by atomic mass is 79.9. The van der Waals surface area contributed by atoms with Crippen molar-refractivity contribution in [2.75, 3.05) is 27.2 Å². The molecule has 0 radical (unpaired) electrons. The number of halogens is 1. The van der Waals surface area contributed by atoms with E-state index in [0.29, 0.717) is 21.5 Å². The van der Waals surface area contributed by atoms with Crippen LogP contribution in [0.2, 0.25) is 0 Å². The van der Waals surface area contributed by atoms with Gasteiger partial charge in [0.05, 0.1) is 12.1 Å². The molecule has 1 aromatic rings. The molecule has 0 aliphatic rings. The van der Waals surface area contributed by atoms with E-state index in [2.05, 4.69) is 28.6 Å². The van der Waals surface area contributed by atoms with Gasteiger partial charge in [-0.15, -0.1) is 12.6 Å². The lowest BCUT2D eigenvalue weighted by Gasteiger charge is -2.23. The third-order valence-electron chi connectivity index (χ3n) is 2.67. The van der Waals surface area contributed by atoms with E-state index in [1.807, 2.05) is 6.92 Å². The van der Waals surface area contributed by atoms with E-state index in [4.69, 9.17) is 0 Å². The first kappa shape index (κ1) is 16.0. The normalized spacial score (nSPS) is 10.2. The van der Waals surface area contributed by atoms with Crippen molar-refractivity contribution < 1.29 is 9.59 Å². The monoisotopic (exact) mass is 344 g/mol. The fraction of sp³-hybridized carbons (Fsp3) is 0.385. The number of benzene rings is 1. The van der Waals surface area contributed by atoms with Gasteiger partial charge in [0.15, 0.2) is 0 Å². The number of hydrogen-bond acceptors (Lipinski definition) is 3. The van der Waals surface area contributed by atoms with E-state index in [1.165, 1.54) is 9.80 Å². The quantitative estimate of drug-likeness (QED) is 0.851. The molecule has 0 heterocycles. The van der Waals surface area contributed by atoms with E-state index in [9.17, 15) is 9.59 Å². The van der Waals surface area contributed by atoms with Crippen LogP contribution in [0.1, 0.15) is 17.3 Å². The Hall–Kier alpha value is -1.01. The van der Waals surface area contributed by atoms with Crippen molar-refractivity contribution in [1.29, 1.82) is 0 Å². The van der Waals surface area contributed by atoms with Gasteiger partial charge in [-0.2, -0.15) is 0 Å². The zero-order valence-electron chi connectivity index (χ0n) is 11.2. The zero-order chi connectivity index (χ0) is 14.6. The second-order valence-corrected chi connectivity index (χ2v) is 5.64. The molecule has 0 atom stereocenters. The number of nitrogens with zero attached hydrogens (tertiary/aromatic N) is 2. The summed E-state index contributed by atoms with van der Waals surface area (Å²) in [7, 11) is 3.34. The average molecular weight is 345 g/mol. The summed E-state index contributed by atoms with van der Waals surface area (Å²) in [5.74, 6) is -0.283. The average Bonchev–Trinajstić information content (AvgIpc) is 2.37. The molecule has 0 bridgehead atoms. The lowest BCUT2D eigenvalue weighted by atomic mass is 10.2. The first-order valence-electron chi connectivity index (χ1n) is 5.84. The maximum atomic E-state index is 12.4. The van der Waals surface area contributed by atoms with Crippen molar-refractivity contribution in [2.45, 2.75) is 11.8 Å². The Kier molecular flexibility index (Phi) is 5.87. The maximum Gasteiger partial charge on any atom is 0.255 e. The SMILES string of the molecule is CCN(CC(=O)N(C)C)C(=O)c1cc(S)ccc1Br. The Morgan fingerprint density at radius 1 is 1.32 bits per heavy atom. The summed E-state index contributed by atoms with van der Waals surface area (Å²) in [6, 6.07) is 5.26. The lowest BCUT2D eigenvalue weighted by Crippen LogP contribution is -2.40. The van der Waals surface area contributed by atoms with Gasteiger partial charge in [0, 0.05) is 30.0 Å². The van der Waals surface area contributed by atoms with Gasteiger partial charge in [0.1, 0.15) is 0 Å². The Morgan fingerprint density at radius 3 is 2.47 bits per heavy atom. The minimum Gasteiger partial charge on any atom is -0.347 e. The van der Waals surface area contributed by atoms with Crippen LogP contribution < -0.4 is 0 Å². The summed E-state index contributed by atoms with van der Waals surface area (Å²) in [6.45, 7) is 2.40. The molecule has 6 heteroatoms. The second-order valence-electron chi connectivity index (χ2n) is 4.27. The van der Waals surface area contributed by atoms with Crippen LogP contribution in [0.5, 0.6) is 0 Å². The molecule has 0 saturated carbocycles. The van der Waals surface area contributed by atoms with Crippen molar-refractivity contribution >= 4 is 40.4 Å². The predicted octanol–water partition coefficient (Wildman–Crippen LogP) is 2.29. The van der Waals surface area contributed by atoms with Gasteiger partial charge < -0.3 is 9.80 Å². The number of amides is 2. The minimum atomic E-state index is -0.180. The third-order valence-corrected chi connectivity index (χ3v) is 3.64. The van der Waals surface area contributed by atoms with E-state index < -0.39 is 0 Å². The first-order chi connectivity index (χ1) is 8.86. The van der Waals surface area contributed by atoms with Crippen molar-refractivity contribution in [3.8, 4) is 0 Å². The molecule has 0 unspecified atom stereocenters. The molecular formula is C13H17BrN2O2S. The molecule has 0 aromatic heterocycles. The second kappa shape index (κ2) is 6.96. The molecule has 4 nitrogen and oxygen atoms in total. The molecule has 0 spiro atoms. The summed E-state index contributed by atoms with van der Waals surface area (Å²) in [5, 5.41) is 0. The van der Waals surface area contributed by atoms with Gasteiger partial charge in [0.25, 0.3) is 5.91 Å². The molecule has 0 aliphatic heterocycles. The van der Waals surface area contributed by atoms with E-state index in [0.717, 1.165) is 0 Å². The molecule has 19 heavy (non-hydrogen) atoms. The van der Waals surface area contributed by atoms with Gasteiger partial charge in [-0.1, -0.05) is 0 Å². The molecule has 0 aliphatic carbocycles. The maximum absolute atomic E-state index is 12.4. The van der Waals surface area contributed by atoms with Gasteiger partial charge in [-0.25, -0.2) is 0 Å². The number of hydrogen-bond donors (Lipinski definition) is 1.